The van der Waals surface area contributed by atoms with Crippen LogP contribution in [0.5, 0.6) is 0 Å². The maximum Gasteiger partial charge on any atom is 0.0627 e. The lowest BCUT2D eigenvalue weighted by atomic mass is 9.80. The van der Waals surface area contributed by atoms with E-state index in [0.29, 0.717) is 12.3 Å². The number of aryl methyl sites for hydroxylation is 1. The summed E-state index contributed by atoms with van der Waals surface area (Å²) in [5.74, 6) is 0.343. The fourth-order valence-electron chi connectivity index (χ4n) is 2.96. The molecule has 2 atom stereocenters. The molecule has 1 aliphatic carbocycles. The minimum Gasteiger partial charge on any atom is -0.392 e. The van der Waals surface area contributed by atoms with Crippen LogP contribution in [0.1, 0.15) is 23.2 Å². The first kappa shape index (κ1) is 13.8. The third-order valence-corrected chi connectivity index (χ3v) is 4.61. The van der Waals surface area contributed by atoms with Gasteiger partial charge in [0.25, 0.3) is 0 Å². The monoisotopic (exact) mass is 331 g/mol. The second kappa shape index (κ2) is 6.06. The van der Waals surface area contributed by atoms with Crippen LogP contribution in [0.4, 0.5) is 0 Å². The molecule has 1 aliphatic rings. The van der Waals surface area contributed by atoms with Gasteiger partial charge in [-0.15, -0.1) is 0 Å². The van der Waals surface area contributed by atoms with Crippen LogP contribution in [-0.4, -0.2) is 16.2 Å². The van der Waals surface area contributed by atoms with Crippen molar-refractivity contribution in [1.29, 1.82) is 0 Å². The number of benzene rings is 1. The van der Waals surface area contributed by atoms with Crippen molar-refractivity contribution >= 4 is 15.9 Å². The van der Waals surface area contributed by atoms with Gasteiger partial charge in [0.2, 0.25) is 0 Å². The van der Waals surface area contributed by atoms with E-state index >= 15 is 0 Å². The van der Waals surface area contributed by atoms with E-state index in [1.54, 1.807) is 6.20 Å². The molecule has 2 unspecified atom stereocenters. The van der Waals surface area contributed by atoms with Crippen molar-refractivity contribution in [2.45, 2.75) is 31.8 Å². The Morgan fingerprint density at radius 2 is 2.00 bits per heavy atom. The van der Waals surface area contributed by atoms with Crippen molar-refractivity contribution in [2.75, 3.05) is 0 Å². The van der Waals surface area contributed by atoms with Crippen molar-refractivity contribution in [3.05, 3.63) is 63.9 Å². The molecule has 0 amide bonds. The normalized spacial score (nSPS) is 19.4. The summed E-state index contributed by atoms with van der Waals surface area (Å²) in [5, 5.41) is 10.5. The summed E-state index contributed by atoms with van der Waals surface area (Å²) in [6.07, 6.45) is 5.24. The average molecular weight is 332 g/mol. The standard InChI is InChI=1S/C17H18BrNO/c18-15-7-8-16(19-11-15)10-17(20)14-6-5-12-3-1-2-4-13(12)9-14/h1-4,7-8,11,14,17,20H,5-6,9-10H2. The molecule has 20 heavy (non-hydrogen) atoms. The van der Waals surface area contributed by atoms with Gasteiger partial charge in [0.15, 0.2) is 0 Å². The molecule has 0 fully saturated rings. The highest BCUT2D eigenvalue weighted by atomic mass is 79.9. The molecule has 1 aromatic carbocycles. The summed E-state index contributed by atoms with van der Waals surface area (Å²) in [4.78, 5) is 4.35. The fraction of sp³-hybridized carbons (Fsp3) is 0.353. The first-order chi connectivity index (χ1) is 9.72. The predicted molar refractivity (Wildman–Crippen MR) is 83.6 cm³/mol. The molecule has 0 aliphatic heterocycles. The molecule has 0 saturated heterocycles. The number of fused-ring (bicyclic) bond motifs is 1. The van der Waals surface area contributed by atoms with Gasteiger partial charge in [-0.3, -0.25) is 4.98 Å². The predicted octanol–water partition coefficient (Wildman–Crippen LogP) is 3.55. The molecule has 1 N–H and O–H groups in total. The van der Waals surface area contributed by atoms with E-state index in [9.17, 15) is 5.11 Å². The molecule has 0 radical (unpaired) electrons. The summed E-state index contributed by atoms with van der Waals surface area (Å²) >= 11 is 3.38. The maximum atomic E-state index is 10.5. The number of aliphatic hydroxyl groups excluding tert-OH is 1. The molecule has 0 saturated carbocycles. The van der Waals surface area contributed by atoms with Gasteiger partial charge in [-0.1, -0.05) is 24.3 Å². The van der Waals surface area contributed by atoms with E-state index in [1.165, 1.54) is 11.1 Å². The smallest absolute Gasteiger partial charge is 0.0627 e. The Hall–Kier alpha value is -1.19. The van der Waals surface area contributed by atoms with Crippen molar-refractivity contribution in [3.63, 3.8) is 0 Å². The SMILES string of the molecule is OC(Cc1ccc(Br)cn1)C1CCc2ccccc2C1. The van der Waals surface area contributed by atoms with E-state index in [1.807, 2.05) is 12.1 Å². The van der Waals surface area contributed by atoms with Crippen LogP contribution < -0.4 is 0 Å². The summed E-state index contributed by atoms with van der Waals surface area (Å²) in [6, 6.07) is 12.5. The van der Waals surface area contributed by atoms with Gasteiger partial charge in [-0.05, 0) is 64.4 Å². The Balaban J connectivity index is 1.67. The van der Waals surface area contributed by atoms with Gasteiger partial charge >= 0.3 is 0 Å². The number of aromatic nitrogens is 1. The summed E-state index contributed by atoms with van der Waals surface area (Å²) in [6.45, 7) is 0. The first-order valence-electron chi connectivity index (χ1n) is 7.07. The molecule has 0 spiro atoms. The molecule has 104 valence electrons. The van der Waals surface area contributed by atoms with Crippen molar-refractivity contribution in [2.24, 2.45) is 5.92 Å². The number of halogens is 1. The van der Waals surface area contributed by atoms with E-state index in [2.05, 4.69) is 45.2 Å². The van der Waals surface area contributed by atoms with Crippen LogP contribution >= 0.6 is 15.9 Å². The second-order valence-electron chi connectivity index (χ2n) is 5.51. The maximum absolute atomic E-state index is 10.5. The lowest BCUT2D eigenvalue weighted by Crippen LogP contribution is -2.28. The molecule has 2 nitrogen and oxygen atoms in total. The molecule has 1 aromatic heterocycles. The molecule has 3 rings (SSSR count). The van der Waals surface area contributed by atoms with Crippen LogP contribution in [0.25, 0.3) is 0 Å². The van der Waals surface area contributed by atoms with Crippen LogP contribution in [0.3, 0.4) is 0 Å². The van der Waals surface area contributed by atoms with Crippen molar-refractivity contribution < 1.29 is 5.11 Å². The molecular formula is C17H18BrNO. The van der Waals surface area contributed by atoms with Crippen LogP contribution in [0.2, 0.25) is 0 Å². The van der Waals surface area contributed by atoms with Crippen molar-refractivity contribution in [3.8, 4) is 0 Å². The van der Waals surface area contributed by atoms with Gasteiger partial charge in [0.05, 0.1) is 6.10 Å². The van der Waals surface area contributed by atoms with E-state index in [-0.39, 0.29) is 6.10 Å². The van der Waals surface area contributed by atoms with Crippen LogP contribution in [0, 0.1) is 5.92 Å². The molecule has 2 aromatic rings. The zero-order valence-electron chi connectivity index (χ0n) is 11.3. The summed E-state index contributed by atoms with van der Waals surface area (Å²) in [7, 11) is 0. The number of nitrogens with zero attached hydrogens (tertiary/aromatic N) is 1. The Bertz CT molecular complexity index is 582. The largest absolute Gasteiger partial charge is 0.392 e. The number of pyridine rings is 1. The lowest BCUT2D eigenvalue weighted by molar-refractivity contribution is 0.0984. The van der Waals surface area contributed by atoms with Gasteiger partial charge in [-0.25, -0.2) is 0 Å². The zero-order valence-corrected chi connectivity index (χ0v) is 12.9. The first-order valence-corrected chi connectivity index (χ1v) is 7.87. The van der Waals surface area contributed by atoms with Gasteiger partial charge in [0.1, 0.15) is 0 Å². The average Bonchev–Trinajstić information content (AvgIpc) is 2.49. The third-order valence-electron chi connectivity index (χ3n) is 4.14. The third kappa shape index (κ3) is 3.10. The number of aliphatic hydroxyl groups is 1. The van der Waals surface area contributed by atoms with E-state index in [0.717, 1.165) is 29.4 Å². The Morgan fingerprint density at radius 3 is 2.75 bits per heavy atom. The molecular weight excluding hydrogens is 314 g/mol. The minimum atomic E-state index is -0.308. The highest BCUT2D eigenvalue weighted by Crippen LogP contribution is 2.28. The van der Waals surface area contributed by atoms with Gasteiger partial charge in [-0.2, -0.15) is 0 Å². The zero-order chi connectivity index (χ0) is 13.9. The summed E-state index contributed by atoms with van der Waals surface area (Å²) < 4.78 is 0.974. The molecule has 0 bridgehead atoms. The minimum absolute atomic E-state index is 0.308. The topological polar surface area (TPSA) is 33.1 Å². The highest BCUT2D eigenvalue weighted by molar-refractivity contribution is 9.10. The lowest BCUT2D eigenvalue weighted by Gasteiger charge is -2.28. The quantitative estimate of drug-likeness (QED) is 0.932. The molecule has 1 heterocycles. The van der Waals surface area contributed by atoms with Crippen LogP contribution in [-0.2, 0) is 19.3 Å². The second-order valence-corrected chi connectivity index (χ2v) is 6.43. The number of hydrogen-bond donors (Lipinski definition) is 1. The summed E-state index contributed by atoms with van der Waals surface area (Å²) in [5.41, 5.74) is 3.80. The van der Waals surface area contributed by atoms with E-state index in [4.69, 9.17) is 0 Å². The fourth-order valence-corrected chi connectivity index (χ4v) is 3.20. The Labute approximate surface area is 128 Å². The van der Waals surface area contributed by atoms with Crippen molar-refractivity contribution in [1.82, 2.24) is 4.98 Å². The molecule has 3 heteroatoms. The highest BCUT2D eigenvalue weighted by Gasteiger charge is 2.25. The van der Waals surface area contributed by atoms with E-state index < -0.39 is 0 Å². The number of hydrogen-bond acceptors (Lipinski definition) is 2. The Kier molecular flexibility index (Phi) is 4.18. The van der Waals surface area contributed by atoms with Gasteiger partial charge in [0, 0.05) is 22.8 Å². The van der Waals surface area contributed by atoms with Crippen LogP contribution in [0.15, 0.2) is 47.1 Å². The Morgan fingerprint density at radius 1 is 1.20 bits per heavy atom. The van der Waals surface area contributed by atoms with Gasteiger partial charge < -0.3 is 5.11 Å². The number of rotatable bonds is 3.